The summed E-state index contributed by atoms with van der Waals surface area (Å²) in [5, 5.41) is 0.528. The first-order chi connectivity index (χ1) is 9.73. The summed E-state index contributed by atoms with van der Waals surface area (Å²) in [5.41, 5.74) is 0.713. The third-order valence-corrected chi connectivity index (χ3v) is 3.18. The molecule has 1 aromatic carbocycles. The van der Waals surface area contributed by atoms with E-state index in [2.05, 4.69) is 0 Å². The Kier molecular flexibility index (Phi) is 1.76. The Hall–Kier alpha value is -1.00. The Morgan fingerprint density at radius 3 is 3.06 bits per heavy atom. The molecule has 0 aromatic heterocycles. The molecule has 3 rings (SSSR count). The van der Waals surface area contributed by atoms with Crippen molar-refractivity contribution in [1.29, 1.82) is 0 Å². The van der Waals surface area contributed by atoms with Gasteiger partial charge in [0, 0.05) is 15.3 Å². The standard InChI is InChI=1S/C13H16F2N2/c14-13(15)9-17(11-6-7-16-12(11)13)8-10-4-2-1-3-5-10/h1-5,11-12,16H,6-9H2/t11-,12+/m0/s1/i9D2,12D/hD. The van der Waals surface area contributed by atoms with Crippen molar-refractivity contribution in [2.75, 3.05) is 13.0 Å². The van der Waals surface area contributed by atoms with Gasteiger partial charge in [0.2, 0.25) is 0 Å². The Morgan fingerprint density at radius 1 is 1.53 bits per heavy atom. The summed E-state index contributed by atoms with van der Waals surface area (Å²) in [6.07, 6.45) is 0.189. The third kappa shape index (κ3) is 1.96. The molecule has 0 radical (unpaired) electrons. The zero-order valence-electron chi connectivity index (χ0n) is 13.2. The van der Waals surface area contributed by atoms with Gasteiger partial charge in [0.1, 0.15) is 1.41 Å². The fourth-order valence-corrected chi connectivity index (χ4v) is 2.41. The van der Waals surface area contributed by atoms with Gasteiger partial charge in [0.25, 0.3) is 5.92 Å². The third-order valence-electron chi connectivity index (χ3n) is 3.18. The van der Waals surface area contributed by atoms with Crippen molar-refractivity contribution in [2.24, 2.45) is 0 Å². The van der Waals surface area contributed by atoms with Crippen LogP contribution in [0.2, 0.25) is 1.41 Å². The van der Waals surface area contributed by atoms with Gasteiger partial charge in [0.15, 0.2) is 0 Å². The van der Waals surface area contributed by atoms with Crippen LogP contribution in [0.5, 0.6) is 0 Å². The topological polar surface area (TPSA) is 15.3 Å². The minimum Gasteiger partial charge on any atom is -0.307 e. The van der Waals surface area contributed by atoms with Crippen molar-refractivity contribution in [1.82, 2.24) is 10.2 Å². The monoisotopic (exact) mass is 242 g/mol. The summed E-state index contributed by atoms with van der Waals surface area (Å²) < 4.78 is 60.3. The van der Waals surface area contributed by atoms with Crippen LogP contribution >= 0.6 is 0 Å². The lowest BCUT2D eigenvalue weighted by atomic mass is 10.1. The molecule has 1 aromatic rings. The average Bonchev–Trinajstić information content (AvgIpc) is 2.79. The van der Waals surface area contributed by atoms with E-state index in [0.717, 1.165) is 4.90 Å². The summed E-state index contributed by atoms with van der Waals surface area (Å²) in [7, 11) is 0. The molecule has 0 bridgehead atoms. The molecule has 0 saturated carbocycles. The van der Waals surface area contributed by atoms with Gasteiger partial charge in [-0.05, 0) is 18.5 Å². The minimum atomic E-state index is -3.93. The Labute approximate surface area is 105 Å². The van der Waals surface area contributed by atoms with Gasteiger partial charge in [-0.15, -0.1) is 0 Å². The van der Waals surface area contributed by atoms with Crippen LogP contribution in [0.15, 0.2) is 30.3 Å². The first-order valence-corrected chi connectivity index (χ1v) is 5.68. The number of benzene rings is 1. The zero-order chi connectivity index (χ0) is 15.5. The first-order valence-electron chi connectivity index (χ1n) is 7.62. The van der Waals surface area contributed by atoms with E-state index < -0.39 is 24.5 Å². The number of hydrogen-bond acceptors (Lipinski definition) is 2. The Balaban J connectivity index is 2.01. The van der Waals surface area contributed by atoms with Crippen molar-refractivity contribution >= 4 is 0 Å². The van der Waals surface area contributed by atoms with E-state index >= 15 is 0 Å². The van der Waals surface area contributed by atoms with E-state index in [9.17, 15) is 8.78 Å². The maximum Gasteiger partial charge on any atom is 0.277 e. The van der Waals surface area contributed by atoms with Gasteiger partial charge in [-0.25, -0.2) is 8.78 Å². The number of halogens is 2. The van der Waals surface area contributed by atoms with Crippen LogP contribution in [-0.4, -0.2) is 35.9 Å². The molecule has 1 N–H and O–H groups in total. The van der Waals surface area contributed by atoms with Crippen LogP contribution in [-0.2, 0) is 6.54 Å². The van der Waals surface area contributed by atoms with E-state index in [4.69, 9.17) is 5.52 Å². The highest BCUT2D eigenvalue weighted by Crippen LogP contribution is 2.37. The molecule has 2 atom stereocenters. The van der Waals surface area contributed by atoms with Crippen LogP contribution in [0.1, 0.15) is 16.1 Å². The van der Waals surface area contributed by atoms with E-state index in [-0.39, 0.29) is 19.5 Å². The maximum atomic E-state index is 14.5. The van der Waals surface area contributed by atoms with Gasteiger partial charge in [0.05, 0.1) is 13.9 Å². The van der Waals surface area contributed by atoms with Gasteiger partial charge in [-0.1, -0.05) is 30.3 Å². The fraction of sp³-hybridized carbons (Fsp3) is 0.538. The lowest BCUT2D eigenvalue weighted by molar-refractivity contribution is -0.00920. The van der Waals surface area contributed by atoms with E-state index in [1.807, 2.05) is 0 Å². The Morgan fingerprint density at radius 2 is 2.29 bits per heavy atom. The van der Waals surface area contributed by atoms with Crippen LogP contribution < -0.4 is 5.31 Å². The van der Waals surface area contributed by atoms with Crippen molar-refractivity contribution in [3.05, 3.63) is 35.9 Å². The molecule has 0 spiro atoms. The van der Waals surface area contributed by atoms with E-state index in [0.29, 0.717) is 10.9 Å². The molecule has 0 aliphatic carbocycles. The molecule has 0 amide bonds. The lowest BCUT2D eigenvalue weighted by Gasteiger charge is -2.21. The number of hydrogen-bond donors (Lipinski definition) is 1. The van der Waals surface area contributed by atoms with Gasteiger partial charge >= 0.3 is 0 Å². The molecule has 17 heavy (non-hydrogen) atoms. The maximum absolute atomic E-state index is 14.5. The number of nitrogens with zero attached hydrogens (tertiary/aromatic N) is 1. The van der Waals surface area contributed by atoms with Gasteiger partial charge in [-0.3, -0.25) is 4.90 Å². The van der Waals surface area contributed by atoms with Gasteiger partial charge < -0.3 is 5.31 Å². The molecule has 2 fully saturated rings. The van der Waals surface area contributed by atoms with Crippen molar-refractivity contribution in [3.63, 3.8) is 0 Å². The molecular formula is C13H16F2N2. The predicted molar refractivity (Wildman–Crippen MR) is 62.0 cm³/mol. The summed E-state index contributed by atoms with van der Waals surface area (Å²) in [5.74, 6) is -3.93. The molecule has 2 heterocycles. The SMILES string of the molecule is [2H]N1CC[C@@H]2N(Cc3ccccc3)C([2H])([2H])C(F)(F)[C@@]21[2H]. The van der Waals surface area contributed by atoms with Crippen molar-refractivity contribution in [3.8, 4) is 0 Å². The zero-order valence-corrected chi connectivity index (χ0v) is 9.24. The highest BCUT2D eigenvalue weighted by Gasteiger charge is 2.55. The van der Waals surface area contributed by atoms with Crippen molar-refractivity contribution < 1.29 is 14.3 Å². The number of nitrogens with one attached hydrogen (secondary N) is 1. The van der Waals surface area contributed by atoms with E-state index in [1.165, 1.54) is 0 Å². The predicted octanol–water partition coefficient (Wildman–Crippen LogP) is 1.87. The second-order valence-electron chi connectivity index (χ2n) is 4.37. The molecular weight excluding hydrogens is 222 g/mol. The minimum absolute atomic E-state index is 0.00255. The number of rotatable bonds is 2. The van der Waals surface area contributed by atoms with Crippen LogP contribution in [0, 0.1) is 0 Å². The smallest absolute Gasteiger partial charge is 0.277 e. The highest BCUT2D eigenvalue weighted by atomic mass is 19.3. The second-order valence-corrected chi connectivity index (χ2v) is 4.37. The largest absolute Gasteiger partial charge is 0.307 e. The number of alkyl halides is 2. The highest BCUT2D eigenvalue weighted by molar-refractivity contribution is 5.16. The summed E-state index contributed by atoms with van der Waals surface area (Å²) >= 11 is 0. The molecule has 2 nitrogen and oxygen atoms in total. The molecule has 2 saturated heterocycles. The summed E-state index contributed by atoms with van der Waals surface area (Å²) in [6, 6.07) is 5.27. The quantitative estimate of drug-likeness (QED) is 0.851. The average molecular weight is 242 g/mol. The molecule has 4 heteroatoms. The number of likely N-dealkylation sites (tertiary alicyclic amines) is 1. The molecule has 92 valence electrons. The number of fused-ring (bicyclic) bond motifs is 1. The molecule has 2 aliphatic rings. The van der Waals surface area contributed by atoms with Crippen LogP contribution in [0.25, 0.3) is 0 Å². The fourth-order valence-electron chi connectivity index (χ4n) is 2.41. The Bertz CT molecular complexity index is 542. The molecule has 0 unspecified atom stereocenters. The summed E-state index contributed by atoms with van der Waals surface area (Å²) in [4.78, 5) is 1.05. The van der Waals surface area contributed by atoms with Gasteiger partial charge in [-0.2, -0.15) is 0 Å². The van der Waals surface area contributed by atoms with Crippen molar-refractivity contribution in [2.45, 2.75) is 30.9 Å². The van der Waals surface area contributed by atoms with Crippen LogP contribution in [0.4, 0.5) is 8.78 Å². The van der Waals surface area contributed by atoms with Crippen LogP contribution in [0.3, 0.4) is 0 Å². The van der Waals surface area contributed by atoms with E-state index in [1.54, 1.807) is 30.3 Å². The second kappa shape index (κ2) is 4.03. The lowest BCUT2D eigenvalue weighted by Crippen LogP contribution is -2.42. The first kappa shape index (κ1) is 7.44. The molecule has 2 aliphatic heterocycles. The normalized spacial score (nSPS) is 43.5. The summed E-state index contributed by atoms with van der Waals surface area (Å²) in [6.45, 7) is -2.90.